The molecule has 1 aliphatic rings. The number of nitrogens with zero attached hydrogens (tertiary/aromatic N) is 3. The van der Waals surface area contributed by atoms with Crippen molar-refractivity contribution in [2.75, 3.05) is 0 Å². The molecule has 0 radical (unpaired) electrons. The molecule has 2 unspecified atom stereocenters. The van der Waals surface area contributed by atoms with Crippen LogP contribution in [-0.2, 0) is 24.4 Å². The first-order chi connectivity index (χ1) is 15.9. The van der Waals surface area contributed by atoms with Crippen molar-refractivity contribution in [3.05, 3.63) is 60.0 Å². The van der Waals surface area contributed by atoms with Gasteiger partial charge in [-0.1, -0.05) is 46.2 Å². The maximum atomic E-state index is 2.57. The lowest BCUT2D eigenvalue weighted by atomic mass is 9.61. The third-order valence-electron chi connectivity index (χ3n) is 9.39. The Morgan fingerprint density at radius 2 is 1.73 bits per heavy atom. The molecule has 170 valence electrons. The second-order valence-electron chi connectivity index (χ2n) is 10.7. The molecule has 0 fully saturated rings. The molecule has 3 aromatic heterocycles. The summed E-state index contributed by atoms with van der Waals surface area (Å²) < 4.78 is 7.34. The molecule has 0 aliphatic carbocycles. The highest BCUT2D eigenvalue weighted by molar-refractivity contribution is 6.20. The summed E-state index contributed by atoms with van der Waals surface area (Å²) in [6, 6.07) is 12.1. The third-order valence-corrected chi connectivity index (χ3v) is 9.39. The van der Waals surface area contributed by atoms with Crippen molar-refractivity contribution in [2.45, 2.75) is 77.7 Å². The van der Waals surface area contributed by atoms with Crippen molar-refractivity contribution in [3.63, 3.8) is 0 Å². The number of fused-ring (bicyclic) bond motifs is 4. The lowest BCUT2D eigenvalue weighted by molar-refractivity contribution is -0.750. The summed E-state index contributed by atoms with van der Waals surface area (Å²) in [6.07, 6.45) is 12.7. The summed E-state index contributed by atoms with van der Waals surface area (Å²) >= 11 is 0. The van der Waals surface area contributed by atoms with E-state index in [1.165, 1.54) is 62.2 Å². The zero-order valence-electron chi connectivity index (χ0n) is 21.0. The molecule has 3 nitrogen and oxygen atoms in total. The largest absolute Gasteiger partial charge is 0.343 e. The Morgan fingerprint density at radius 3 is 2.45 bits per heavy atom. The van der Waals surface area contributed by atoms with Crippen molar-refractivity contribution >= 4 is 38.2 Å². The minimum Gasteiger partial charge on any atom is -0.343 e. The number of hydrogen-bond donors (Lipinski definition) is 0. The van der Waals surface area contributed by atoms with E-state index in [4.69, 9.17) is 0 Å². The van der Waals surface area contributed by atoms with Gasteiger partial charge in [-0.3, -0.25) is 0 Å². The van der Waals surface area contributed by atoms with E-state index in [9.17, 15) is 0 Å². The van der Waals surface area contributed by atoms with E-state index in [0.717, 1.165) is 19.3 Å². The number of imidazole rings is 1. The van der Waals surface area contributed by atoms with Gasteiger partial charge in [-0.05, 0) is 61.9 Å². The molecule has 0 spiro atoms. The summed E-state index contributed by atoms with van der Waals surface area (Å²) in [5.74, 6) is 0. The van der Waals surface area contributed by atoms with Crippen molar-refractivity contribution in [2.24, 2.45) is 7.05 Å². The van der Waals surface area contributed by atoms with Gasteiger partial charge in [0.2, 0.25) is 0 Å². The van der Waals surface area contributed by atoms with Crippen molar-refractivity contribution < 1.29 is 4.57 Å². The maximum Gasteiger partial charge on any atom is 0.295 e. The zero-order valence-corrected chi connectivity index (χ0v) is 21.0. The molecule has 1 aliphatic heterocycles. The van der Waals surface area contributed by atoms with Crippen LogP contribution in [0.2, 0.25) is 0 Å². The van der Waals surface area contributed by atoms with Crippen LogP contribution in [0.5, 0.6) is 0 Å². The third kappa shape index (κ3) is 2.38. The van der Waals surface area contributed by atoms with Gasteiger partial charge in [-0.15, -0.1) is 0 Å². The molecule has 2 atom stereocenters. The lowest BCUT2D eigenvalue weighted by Gasteiger charge is -2.46. The van der Waals surface area contributed by atoms with Gasteiger partial charge in [0.15, 0.2) is 0 Å². The van der Waals surface area contributed by atoms with Crippen LogP contribution in [0.4, 0.5) is 0 Å². The minimum atomic E-state index is 0.0311. The maximum absolute atomic E-state index is 2.57. The van der Waals surface area contributed by atoms with Crippen LogP contribution < -0.4 is 4.57 Å². The summed E-state index contributed by atoms with van der Waals surface area (Å²) in [5.41, 5.74) is 7.12. The number of unbranched alkanes of at least 4 members (excludes halogenated alkanes) is 1. The van der Waals surface area contributed by atoms with Gasteiger partial charge >= 0.3 is 0 Å². The van der Waals surface area contributed by atoms with Gasteiger partial charge in [0.1, 0.15) is 17.9 Å². The van der Waals surface area contributed by atoms with Crippen molar-refractivity contribution in [1.29, 1.82) is 0 Å². The highest BCUT2D eigenvalue weighted by atomic mass is 15.2. The smallest absolute Gasteiger partial charge is 0.295 e. The SMILES string of the molecule is CCCCc1ccc2c3cc4c5c(ccn6cc[n+](c56)C(C)(CC)C4(C)CC)c3n(C)c2c1. The van der Waals surface area contributed by atoms with E-state index >= 15 is 0 Å². The van der Waals surface area contributed by atoms with Crippen LogP contribution in [0.1, 0.15) is 71.4 Å². The Kier molecular flexibility index (Phi) is 4.31. The predicted molar refractivity (Wildman–Crippen MR) is 139 cm³/mol. The van der Waals surface area contributed by atoms with Crippen LogP contribution in [-0.4, -0.2) is 8.97 Å². The Hall–Kier alpha value is -2.81. The van der Waals surface area contributed by atoms with E-state index in [0.29, 0.717) is 0 Å². The first-order valence-corrected chi connectivity index (χ1v) is 12.8. The number of hydrogen-bond acceptors (Lipinski definition) is 0. The summed E-state index contributed by atoms with van der Waals surface area (Å²) in [4.78, 5) is 0. The average Bonchev–Trinajstić information content (AvgIpc) is 3.40. The fraction of sp³-hybridized carbons (Fsp3) is 0.433. The molecule has 0 bridgehead atoms. The van der Waals surface area contributed by atoms with Crippen LogP contribution in [0.3, 0.4) is 0 Å². The summed E-state index contributed by atoms with van der Waals surface area (Å²) in [6.45, 7) is 12.0. The second-order valence-corrected chi connectivity index (χ2v) is 10.7. The van der Waals surface area contributed by atoms with Crippen LogP contribution in [0.25, 0.3) is 38.2 Å². The van der Waals surface area contributed by atoms with Gasteiger partial charge in [0.25, 0.3) is 5.65 Å². The topological polar surface area (TPSA) is 13.2 Å². The molecule has 6 rings (SSSR count). The van der Waals surface area contributed by atoms with Gasteiger partial charge < -0.3 is 4.57 Å². The van der Waals surface area contributed by atoms with Crippen molar-refractivity contribution in [1.82, 2.24) is 8.97 Å². The summed E-state index contributed by atoms with van der Waals surface area (Å²) in [5, 5.41) is 5.60. The minimum absolute atomic E-state index is 0.0311. The van der Waals surface area contributed by atoms with Gasteiger partial charge in [0.05, 0.1) is 17.1 Å². The first-order valence-electron chi connectivity index (χ1n) is 12.8. The van der Waals surface area contributed by atoms with Gasteiger partial charge in [-0.2, -0.15) is 0 Å². The first kappa shape index (κ1) is 20.8. The molecule has 2 aromatic carbocycles. The number of aromatic nitrogens is 3. The fourth-order valence-corrected chi connectivity index (χ4v) is 6.85. The Labute approximate surface area is 196 Å². The van der Waals surface area contributed by atoms with Crippen molar-refractivity contribution in [3.8, 4) is 0 Å². The fourth-order valence-electron chi connectivity index (χ4n) is 6.85. The molecular weight excluding hydrogens is 402 g/mol. The van der Waals surface area contributed by atoms with Gasteiger partial charge in [0, 0.05) is 34.1 Å². The molecule has 33 heavy (non-hydrogen) atoms. The molecule has 0 saturated heterocycles. The zero-order chi connectivity index (χ0) is 23.1. The van der Waals surface area contributed by atoms with E-state index in [2.05, 4.69) is 104 Å². The normalized spacial score (nSPS) is 22.5. The Bertz CT molecular complexity index is 1570. The highest BCUT2D eigenvalue weighted by Gasteiger charge is 2.53. The van der Waals surface area contributed by atoms with Crippen LogP contribution >= 0.6 is 0 Å². The Balaban J connectivity index is 1.81. The molecule has 3 heteroatoms. The number of rotatable bonds is 5. The highest BCUT2D eigenvalue weighted by Crippen LogP contribution is 2.51. The number of aryl methyl sites for hydroxylation is 2. The van der Waals surface area contributed by atoms with E-state index in [1.54, 1.807) is 0 Å². The van der Waals surface area contributed by atoms with E-state index in [1.807, 2.05) is 0 Å². The molecule has 0 amide bonds. The molecular formula is C30H36N3+. The van der Waals surface area contributed by atoms with E-state index in [-0.39, 0.29) is 11.0 Å². The predicted octanol–water partition coefficient (Wildman–Crippen LogP) is 7.17. The molecule has 0 N–H and O–H groups in total. The van der Waals surface area contributed by atoms with Crippen LogP contribution in [0.15, 0.2) is 48.9 Å². The molecule has 4 heterocycles. The molecule has 5 aromatic rings. The second kappa shape index (κ2) is 6.85. The monoisotopic (exact) mass is 438 g/mol. The average molecular weight is 439 g/mol. The summed E-state index contributed by atoms with van der Waals surface area (Å²) in [7, 11) is 2.25. The van der Waals surface area contributed by atoms with Crippen LogP contribution in [0, 0.1) is 0 Å². The lowest BCUT2D eigenvalue weighted by Crippen LogP contribution is -2.65. The quantitative estimate of drug-likeness (QED) is 0.258. The standard InChI is InChI=1S/C30H36N3/c1-7-10-11-20-12-13-21-23-19-24-26-22(27(23)31(6)25(21)18-20)14-15-32-16-17-33(28(26)32)30(5,9-3)29(24,4)8-2/h12-19H,7-11H2,1-6H3/q+1. The molecule has 0 saturated carbocycles. The van der Waals surface area contributed by atoms with E-state index < -0.39 is 0 Å². The van der Waals surface area contributed by atoms with Gasteiger partial charge in [-0.25, -0.2) is 8.97 Å². The number of benzene rings is 2. The Morgan fingerprint density at radius 1 is 0.909 bits per heavy atom. The number of pyridine rings is 1.